The van der Waals surface area contributed by atoms with Gasteiger partial charge in [0.25, 0.3) is 0 Å². The number of hydrogen-bond donors (Lipinski definition) is 0. The van der Waals surface area contributed by atoms with E-state index < -0.39 is 0 Å². The van der Waals surface area contributed by atoms with Crippen molar-refractivity contribution in [2.24, 2.45) is 5.92 Å². The van der Waals surface area contributed by atoms with Crippen LogP contribution in [0.3, 0.4) is 0 Å². The third kappa shape index (κ3) is 3.60. The van der Waals surface area contributed by atoms with Gasteiger partial charge in [-0.05, 0) is 52.9 Å². The van der Waals surface area contributed by atoms with E-state index in [-0.39, 0.29) is 29.7 Å². The van der Waals surface area contributed by atoms with Gasteiger partial charge in [0, 0.05) is 17.9 Å². The first kappa shape index (κ1) is 16.5. The number of allylic oxidation sites excluding steroid dienone is 3. The summed E-state index contributed by atoms with van der Waals surface area (Å²) in [6, 6.07) is 0. The summed E-state index contributed by atoms with van der Waals surface area (Å²) in [6.07, 6.45) is 10.7. The number of hydrogen-bond acceptors (Lipinski definition) is 3. The lowest BCUT2D eigenvalue weighted by atomic mass is 9.85. The van der Waals surface area contributed by atoms with Crippen LogP contribution in [0.5, 0.6) is 0 Å². The maximum Gasteiger partial charge on any atom is 0.334 e. The van der Waals surface area contributed by atoms with Crippen LogP contribution in [-0.2, 0) is 14.3 Å². The third-order valence-corrected chi connectivity index (χ3v) is 5.61. The van der Waals surface area contributed by atoms with E-state index in [4.69, 9.17) is 9.47 Å². The Labute approximate surface area is 139 Å². The SMILES string of the molecule is C=C1C(=O)O[C@@H]2C/C(C)=C\CC/C(C)=C\CC[C@]3(C)O[C@H]3C[C@@H]12. The van der Waals surface area contributed by atoms with Gasteiger partial charge in [-0.3, -0.25) is 0 Å². The van der Waals surface area contributed by atoms with Crippen molar-refractivity contribution in [1.82, 2.24) is 0 Å². The van der Waals surface area contributed by atoms with Gasteiger partial charge in [-0.1, -0.05) is 29.9 Å². The number of carbonyl (C=O) groups is 1. The normalized spacial score (nSPS) is 43.2. The third-order valence-electron chi connectivity index (χ3n) is 5.61. The molecule has 0 bridgehead atoms. The van der Waals surface area contributed by atoms with E-state index in [1.54, 1.807) is 0 Å². The first-order valence-electron chi connectivity index (χ1n) is 8.78. The van der Waals surface area contributed by atoms with Crippen LogP contribution in [0.2, 0.25) is 0 Å². The first-order chi connectivity index (χ1) is 10.9. The molecule has 0 spiro atoms. The Bertz CT molecular complexity index is 571. The fourth-order valence-electron chi connectivity index (χ4n) is 3.84. The molecule has 0 aromatic heterocycles. The van der Waals surface area contributed by atoms with Crippen molar-refractivity contribution in [1.29, 1.82) is 0 Å². The molecule has 3 aliphatic rings. The van der Waals surface area contributed by atoms with Crippen LogP contribution in [0.15, 0.2) is 35.5 Å². The highest BCUT2D eigenvalue weighted by Gasteiger charge is 2.54. The first-order valence-corrected chi connectivity index (χ1v) is 8.78. The summed E-state index contributed by atoms with van der Waals surface area (Å²) in [5.74, 6) is -0.130. The molecule has 3 heteroatoms. The average molecular weight is 316 g/mol. The predicted molar refractivity (Wildman–Crippen MR) is 91.0 cm³/mol. The highest BCUT2D eigenvalue weighted by atomic mass is 16.6. The van der Waals surface area contributed by atoms with Crippen LogP contribution < -0.4 is 0 Å². The van der Waals surface area contributed by atoms with Crippen molar-refractivity contribution in [3.8, 4) is 0 Å². The van der Waals surface area contributed by atoms with Gasteiger partial charge in [0.2, 0.25) is 0 Å². The standard InChI is InChI=1S/C20H28O3/c1-13-7-5-8-14(2)11-17-16(15(3)19(21)22-17)12-18-20(4,23-18)10-6-9-13/h8-9,16-18H,3,5-7,10-12H2,1-2,4H3/b13-9-,14-8-/t16-,17+,18-,20-/m0/s1. The summed E-state index contributed by atoms with van der Waals surface area (Å²) in [6.45, 7) is 10.5. The van der Waals surface area contributed by atoms with Crippen molar-refractivity contribution in [3.05, 3.63) is 35.5 Å². The molecule has 0 saturated carbocycles. The Morgan fingerprint density at radius 2 is 1.96 bits per heavy atom. The van der Waals surface area contributed by atoms with Gasteiger partial charge in [0.05, 0.1) is 11.7 Å². The van der Waals surface area contributed by atoms with E-state index in [0.29, 0.717) is 5.57 Å². The lowest BCUT2D eigenvalue weighted by molar-refractivity contribution is -0.139. The minimum absolute atomic E-state index is 0.0394. The van der Waals surface area contributed by atoms with E-state index in [9.17, 15) is 4.79 Å². The molecule has 0 unspecified atom stereocenters. The van der Waals surface area contributed by atoms with Crippen LogP contribution in [0.1, 0.15) is 59.3 Å². The zero-order valence-corrected chi connectivity index (χ0v) is 14.6. The molecule has 2 aliphatic heterocycles. The van der Waals surface area contributed by atoms with Gasteiger partial charge < -0.3 is 9.47 Å². The van der Waals surface area contributed by atoms with Gasteiger partial charge in [0.1, 0.15) is 6.10 Å². The molecule has 3 nitrogen and oxygen atoms in total. The van der Waals surface area contributed by atoms with Crippen molar-refractivity contribution >= 4 is 5.97 Å². The molecule has 0 amide bonds. The fraction of sp³-hybridized carbons (Fsp3) is 0.650. The van der Waals surface area contributed by atoms with Gasteiger partial charge in [-0.15, -0.1) is 0 Å². The molecule has 4 atom stereocenters. The van der Waals surface area contributed by atoms with Gasteiger partial charge in [-0.2, -0.15) is 0 Å². The molecule has 0 aromatic carbocycles. The highest BCUT2D eigenvalue weighted by Crippen LogP contribution is 2.47. The second-order valence-electron chi connectivity index (χ2n) is 7.61. The van der Waals surface area contributed by atoms with E-state index in [0.717, 1.165) is 38.5 Å². The number of fused-ring (bicyclic) bond motifs is 2. The lowest BCUT2D eigenvalue weighted by Gasteiger charge is -2.18. The van der Waals surface area contributed by atoms with Crippen molar-refractivity contribution < 1.29 is 14.3 Å². The minimum Gasteiger partial charge on any atom is -0.458 e. The number of ether oxygens (including phenoxy) is 2. The Hall–Kier alpha value is -1.35. The highest BCUT2D eigenvalue weighted by molar-refractivity contribution is 5.90. The molecule has 1 aliphatic carbocycles. The largest absolute Gasteiger partial charge is 0.458 e. The molecule has 3 rings (SSSR count). The van der Waals surface area contributed by atoms with Crippen molar-refractivity contribution in [2.75, 3.05) is 0 Å². The summed E-state index contributed by atoms with van der Waals surface area (Å²) < 4.78 is 11.6. The Kier molecular flexibility index (Phi) is 4.50. The molecular weight excluding hydrogens is 288 g/mol. The van der Waals surface area contributed by atoms with E-state index in [1.807, 2.05) is 0 Å². The molecule has 2 heterocycles. The maximum atomic E-state index is 11.9. The van der Waals surface area contributed by atoms with Crippen molar-refractivity contribution in [2.45, 2.75) is 77.1 Å². The number of rotatable bonds is 0. The number of epoxide rings is 1. The van der Waals surface area contributed by atoms with Crippen LogP contribution in [0.25, 0.3) is 0 Å². The quantitative estimate of drug-likeness (QED) is 0.286. The zero-order valence-electron chi connectivity index (χ0n) is 14.6. The second-order valence-corrected chi connectivity index (χ2v) is 7.61. The van der Waals surface area contributed by atoms with Crippen LogP contribution in [0, 0.1) is 5.92 Å². The molecule has 0 aromatic rings. The smallest absolute Gasteiger partial charge is 0.334 e. The molecule has 2 saturated heterocycles. The molecule has 23 heavy (non-hydrogen) atoms. The van der Waals surface area contributed by atoms with Gasteiger partial charge >= 0.3 is 5.97 Å². The van der Waals surface area contributed by atoms with E-state index in [2.05, 4.69) is 39.5 Å². The summed E-state index contributed by atoms with van der Waals surface area (Å²) in [4.78, 5) is 11.9. The topological polar surface area (TPSA) is 38.8 Å². The number of esters is 1. The summed E-state index contributed by atoms with van der Waals surface area (Å²) in [5, 5.41) is 0. The second kappa shape index (κ2) is 6.27. The Balaban J connectivity index is 1.78. The van der Waals surface area contributed by atoms with E-state index in [1.165, 1.54) is 11.1 Å². The predicted octanol–water partition coefficient (Wildman–Crippen LogP) is 4.49. The maximum absolute atomic E-state index is 11.9. The minimum atomic E-state index is -0.225. The summed E-state index contributed by atoms with van der Waals surface area (Å²) in [5.41, 5.74) is 3.34. The van der Waals surface area contributed by atoms with Crippen LogP contribution in [-0.4, -0.2) is 23.8 Å². The zero-order chi connectivity index (χ0) is 16.6. The molecule has 0 N–H and O–H groups in total. The average Bonchev–Trinajstić information content (AvgIpc) is 3.04. The molecule has 0 radical (unpaired) electrons. The fourth-order valence-corrected chi connectivity index (χ4v) is 3.84. The number of carbonyl (C=O) groups excluding carboxylic acids is 1. The van der Waals surface area contributed by atoms with Gasteiger partial charge in [-0.25, -0.2) is 4.79 Å². The summed E-state index contributed by atoms with van der Waals surface area (Å²) in [7, 11) is 0. The van der Waals surface area contributed by atoms with Crippen LogP contribution >= 0.6 is 0 Å². The van der Waals surface area contributed by atoms with Crippen molar-refractivity contribution in [3.63, 3.8) is 0 Å². The molecular formula is C20H28O3. The lowest BCUT2D eigenvalue weighted by Crippen LogP contribution is -2.21. The molecule has 2 fully saturated rings. The molecule has 126 valence electrons. The Morgan fingerprint density at radius 3 is 2.74 bits per heavy atom. The monoisotopic (exact) mass is 316 g/mol. The Morgan fingerprint density at radius 1 is 1.22 bits per heavy atom. The van der Waals surface area contributed by atoms with E-state index >= 15 is 0 Å². The van der Waals surface area contributed by atoms with Crippen LogP contribution in [0.4, 0.5) is 0 Å². The summed E-state index contributed by atoms with van der Waals surface area (Å²) >= 11 is 0. The van der Waals surface area contributed by atoms with Gasteiger partial charge in [0.15, 0.2) is 0 Å².